The average molecular weight is 330 g/mol. The lowest BCUT2D eigenvalue weighted by atomic mass is 10.0. The van der Waals surface area contributed by atoms with E-state index in [0.717, 1.165) is 29.8 Å². The molecule has 118 valence electrons. The summed E-state index contributed by atoms with van der Waals surface area (Å²) in [5.74, 6) is 0. The zero-order valence-electron chi connectivity index (χ0n) is 12.3. The minimum Gasteiger partial charge on any atom is -0.258 e. The molecule has 6 nitrogen and oxygen atoms in total. The molecule has 0 fully saturated rings. The van der Waals surface area contributed by atoms with Crippen LogP contribution < -0.4 is 0 Å². The molecule has 7 heteroatoms. The minimum atomic E-state index is -3.98. The van der Waals surface area contributed by atoms with Gasteiger partial charge in [-0.1, -0.05) is 30.3 Å². The predicted molar refractivity (Wildman–Crippen MR) is 84.4 cm³/mol. The van der Waals surface area contributed by atoms with Crippen molar-refractivity contribution in [1.29, 1.82) is 5.26 Å². The molecule has 0 aliphatic heterocycles. The molecule has 2 rings (SSSR count). The monoisotopic (exact) mass is 330 g/mol. The Morgan fingerprint density at radius 2 is 1.70 bits per heavy atom. The first-order valence-electron chi connectivity index (χ1n) is 6.74. The quantitative estimate of drug-likeness (QED) is 0.619. The van der Waals surface area contributed by atoms with Gasteiger partial charge in [-0.15, -0.1) is 0 Å². The Hall–Kier alpha value is -2.72. The molecule has 0 saturated heterocycles. The highest BCUT2D eigenvalue weighted by Crippen LogP contribution is 2.29. The highest BCUT2D eigenvalue weighted by molar-refractivity contribution is 7.93. The van der Waals surface area contributed by atoms with Gasteiger partial charge in [0.1, 0.15) is 0 Å². The highest BCUT2D eigenvalue weighted by Gasteiger charge is 2.41. The van der Waals surface area contributed by atoms with Gasteiger partial charge in [-0.25, -0.2) is 8.42 Å². The molecule has 0 aromatic heterocycles. The molecule has 2 aromatic rings. The minimum absolute atomic E-state index is 0.0314. The van der Waals surface area contributed by atoms with E-state index in [9.17, 15) is 23.8 Å². The van der Waals surface area contributed by atoms with E-state index in [1.54, 1.807) is 30.3 Å². The van der Waals surface area contributed by atoms with E-state index in [1.807, 2.05) is 6.07 Å². The third-order valence-electron chi connectivity index (χ3n) is 3.57. The van der Waals surface area contributed by atoms with Crippen molar-refractivity contribution < 1.29 is 13.3 Å². The number of rotatable bonds is 5. The number of nitro groups is 1. The number of nitriles is 1. The van der Waals surface area contributed by atoms with E-state index in [1.165, 1.54) is 6.92 Å². The summed E-state index contributed by atoms with van der Waals surface area (Å²) < 4.78 is 23.9. The zero-order chi connectivity index (χ0) is 17.1. The summed E-state index contributed by atoms with van der Waals surface area (Å²) in [7, 11) is -3.98. The Bertz CT molecular complexity index is 855. The lowest BCUT2D eigenvalue weighted by Gasteiger charge is -2.22. The fourth-order valence-electron chi connectivity index (χ4n) is 2.19. The van der Waals surface area contributed by atoms with Crippen LogP contribution >= 0.6 is 0 Å². The van der Waals surface area contributed by atoms with Crippen molar-refractivity contribution in [1.82, 2.24) is 0 Å². The highest BCUT2D eigenvalue weighted by atomic mass is 32.2. The largest absolute Gasteiger partial charge is 0.269 e. The predicted octanol–water partition coefficient (Wildman–Crippen LogP) is 2.89. The molecule has 0 aliphatic rings. The molecule has 0 N–H and O–H groups in total. The van der Waals surface area contributed by atoms with Crippen LogP contribution in [0.15, 0.2) is 59.5 Å². The Morgan fingerprint density at radius 1 is 1.13 bits per heavy atom. The number of sulfone groups is 1. The van der Waals surface area contributed by atoms with Crippen LogP contribution in [0.4, 0.5) is 5.69 Å². The lowest BCUT2D eigenvalue weighted by Crippen LogP contribution is -2.36. The van der Waals surface area contributed by atoms with Crippen LogP contribution in [0.25, 0.3) is 0 Å². The summed E-state index contributed by atoms with van der Waals surface area (Å²) >= 11 is 0. The molecular formula is C16H14N2O4S. The molecule has 0 radical (unpaired) electrons. The van der Waals surface area contributed by atoms with E-state index in [-0.39, 0.29) is 17.0 Å². The van der Waals surface area contributed by atoms with Crippen molar-refractivity contribution in [2.24, 2.45) is 0 Å². The summed E-state index contributed by atoms with van der Waals surface area (Å²) in [4.78, 5) is 9.94. The van der Waals surface area contributed by atoms with Crippen LogP contribution in [0, 0.1) is 21.4 Å². The summed E-state index contributed by atoms with van der Waals surface area (Å²) in [6, 6.07) is 15.3. The smallest absolute Gasteiger partial charge is 0.258 e. The maximum Gasteiger partial charge on any atom is 0.269 e. The first kappa shape index (κ1) is 16.6. The van der Waals surface area contributed by atoms with Gasteiger partial charge in [-0.3, -0.25) is 10.1 Å². The van der Waals surface area contributed by atoms with Gasteiger partial charge < -0.3 is 0 Å². The zero-order valence-corrected chi connectivity index (χ0v) is 13.2. The van der Waals surface area contributed by atoms with Gasteiger partial charge in [0, 0.05) is 18.6 Å². The van der Waals surface area contributed by atoms with E-state index in [0.29, 0.717) is 0 Å². The summed E-state index contributed by atoms with van der Waals surface area (Å²) in [6.45, 7) is 1.36. The Balaban J connectivity index is 2.42. The molecule has 23 heavy (non-hydrogen) atoms. The molecule has 1 unspecified atom stereocenters. The van der Waals surface area contributed by atoms with Crippen molar-refractivity contribution in [3.63, 3.8) is 0 Å². The van der Waals surface area contributed by atoms with Gasteiger partial charge in [-0.05, 0) is 24.6 Å². The fraction of sp³-hybridized carbons (Fsp3) is 0.188. The number of hydrogen-bond donors (Lipinski definition) is 0. The molecule has 0 amide bonds. The van der Waals surface area contributed by atoms with Crippen LogP contribution in [0.1, 0.15) is 12.5 Å². The van der Waals surface area contributed by atoms with E-state index in [4.69, 9.17) is 0 Å². The molecule has 0 aliphatic carbocycles. The van der Waals surface area contributed by atoms with Crippen LogP contribution in [0.2, 0.25) is 0 Å². The Morgan fingerprint density at radius 3 is 2.17 bits per heavy atom. The topological polar surface area (TPSA) is 101 Å². The third kappa shape index (κ3) is 3.22. The normalized spacial score (nSPS) is 13.7. The van der Waals surface area contributed by atoms with E-state index in [2.05, 4.69) is 0 Å². The van der Waals surface area contributed by atoms with Gasteiger partial charge in [0.05, 0.1) is 15.9 Å². The van der Waals surface area contributed by atoms with Gasteiger partial charge >= 0.3 is 0 Å². The van der Waals surface area contributed by atoms with Crippen molar-refractivity contribution in [2.75, 3.05) is 0 Å². The second-order valence-electron chi connectivity index (χ2n) is 5.26. The molecule has 0 saturated carbocycles. The SMILES string of the molecule is CC(C#N)(Cc1ccccc1)S(=O)(=O)c1ccc([N+](=O)[O-])cc1. The fourth-order valence-corrected chi connectivity index (χ4v) is 3.68. The molecule has 0 spiro atoms. The molecule has 1 atom stereocenters. The first-order valence-corrected chi connectivity index (χ1v) is 8.23. The summed E-state index contributed by atoms with van der Waals surface area (Å²) in [5.41, 5.74) is 0.521. The molecule has 0 bridgehead atoms. The number of nitro benzene ring substituents is 1. The Kier molecular flexibility index (Phi) is 4.48. The second kappa shape index (κ2) is 6.18. The van der Waals surface area contributed by atoms with Gasteiger partial charge in [0.2, 0.25) is 0 Å². The van der Waals surface area contributed by atoms with E-state index < -0.39 is 19.5 Å². The van der Waals surface area contributed by atoms with Crippen LogP contribution in [0.5, 0.6) is 0 Å². The van der Waals surface area contributed by atoms with Crippen molar-refractivity contribution in [2.45, 2.75) is 23.0 Å². The number of hydrogen-bond acceptors (Lipinski definition) is 5. The van der Waals surface area contributed by atoms with Crippen molar-refractivity contribution in [3.8, 4) is 6.07 Å². The van der Waals surface area contributed by atoms with Gasteiger partial charge in [0.15, 0.2) is 14.6 Å². The Labute approximate surface area is 134 Å². The van der Waals surface area contributed by atoms with Crippen LogP contribution in [-0.4, -0.2) is 18.1 Å². The van der Waals surface area contributed by atoms with Crippen molar-refractivity contribution >= 4 is 15.5 Å². The van der Waals surface area contributed by atoms with Gasteiger partial charge in [0.25, 0.3) is 5.69 Å². The van der Waals surface area contributed by atoms with Crippen LogP contribution in [0.3, 0.4) is 0 Å². The maximum atomic E-state index is 12.8. The summed E-state index contributed by atoms with van der Waals surface area (Å²) in [5, 5.41) is 20.1. The average Bonchev–Trinajstić information content (AvgIpc) is 2.55. The standard InChI is InChI=1S/C16H14N2O4S/c1-16(12-17,11-13-5-3-2-4-6-13)23(21,22)15-9-7-14(8-10-15)18(19)20/h2-10H,11H2,1H3. The first-order chi connectivity index (χ1) is 10.8. The number of nitrogens with zero attached hydrogens (tertiary/aromatic N) is 2. The molecule has 2 aromatic carbocycles. The maximum absolute atomic E-state index is 12.8. The molecular weight excluding hydrogens is 316 g/mol. The van der Waals surface area contributed by atoms with Crippen molar-refractivity contribution in [3.05, 3.63) is 70.3 Å². The summed E-state index contributed by atoms with van der Waals surface area (Å²) in [6.07, 6.45) is 0.0314. The number of non-ortho nitro benzene ring substituents is 1. The number of benzene rings is 2. The van der Waals surface area contributed by atoms with Gasteiger partial charge in [-0.2, -0.15) is 5.26 Å². The lowest BCUT2D eigenvalue weighted by molar-refractivity contribution is -0.384. The second-order valence-corrected chi connectivity index (χ2v) is 7.64. The van der Waals surface area contributed by atoms with Crippen LogP contribution in [-0.2, 0) is 16.3 Å². The van der Waals surface area contributed by atoms with E-state index >= 15 is 0 Å². The third-order valence-corrected chi connectivity index (χ3v) is 5.89. The molecule has 0 heterocycles.